The third-order valence-corrected chi connectivity index (χ3v) is 4.82. The molecule has 0 radical (unpaired) electrons. The second kappa shape index (κ2) is 11.0. The molecule has 1 heterocycles. The summed E-state index contributed by atoms with van der Waals surface area (Å²) in [7, 11) is 1.74. The van der Waals surface area contributed by atoms with Gasteiger partial charge in [-0.2, -0.15) is 0 Å². The van der Waals surface area contributed by atoms with Gasteiger partial charge in [0, 0.05) is 31.6 Å². The second-order valence-corrected chi connectivity index (χ2v) is 7.06. The van der Waals surface area contributed by atoms with Gasteiger partial charge in [-0.25, -0.2) is 0 Å². The van der Waals surface area contributed by atoms with Gasteiger partial charge in [-0.15, -0.1) is 24.0 Å². The molecule has 1 aliphatic rings. The van der Waals surface area contributed by atoms with Crippen LogP contribution in [0.5, 0.6) is 5.75 Å². The second-order valence-electron chi connectivity index (χ2n) is 7.06. The van der Waals surface area contributed by atoms with Crippen molar-refractivity contribution in [1.29, 1.82) is 0 Å². The van der Waals surface area contributed by atoms with Crippen molar-refractivity contribution in [2.24, 2.45) is 4.99 Å². The van der Waals surface area contributed by atoms with E-state index in [2.05, 4.69) is 27.0 Å². The van der Waals surface area contributed by atoms with Crippen LogP contribution in [-0.2, 0) is 4.79 Å². The van der Waals surface area contributed by atoms with E-state index in [0.717, 1.165) is 22.6 Å². The third kappa shape index (κ3) is 6.35. The van der Waals surface area contributed by atoms with Crippen molar-refractivity contribution in [3.05, 3.63) is 59.7 Å². The van der Waals surface area contributed by atoms with Gasteiger partial charge in [-0.3, -0.25) is 9.79 Å². The summed E-state index contributed by atoms with van der Waals surface area (Å²) in [6.45, 7) is 5.31. The van der Waals surface area contributed by atoms with Crippen LogP contribution in [0.2, 0.25) is 0 Å². The molecule has 1 aliphatic heterocycles. The summed E-state index contributed by atoms with van der Waals surface area (Å²) in [6, 6.07) is 15.9. The standard InChI is InChI=1S/C22H28N4O2.HI/c1-15-8-4-7-11-20(15)28-16(2)13-24-22(23-3)25-14-17-12-21(27)26-19-10-6-5-9-18(17)19;/h4-11,16-17H,12-14H2,1-3H3,(H,26,27)(H2,23,24,25);1H. The van der Waals surface area contributed by atoms with E-state index in [1.807, 2.05) is 56.3 Å². The van der Waals surface area contributed by atoms with Crippen LogP contribution in [0.3, 0.4) is 0 Å². The number of aliphatic imine (C=N–C) groups is 1. The number of rotatable bonds is 6. The average molecular weight is 508 g/mol. The Kier molecular flexibility index (Phi) is 8.75. The third-order valence-electron chi connectivity index (χ3n) is 4.82. The smallest absolute Gasteiger partial charge is 0.225 e. The normalized spacial score (nSPS) is 16.7. The van der Waals surface area contributed by atoms with E-state index in [-0.39, 0.29) is 41.9 Å². The number of nitrogens with one attached hydrogen (secondary N) is 3. The Morgan fingerprint density at radius 2 is 1.93 bits per heavy atom. The van der Waals surface area contributed by atoms with Gasteiger partial charge in [0.1, 0.15) is 11.9 Å². The maximum absolute atomic E-state index is 12.0. The number of anilines is 1. The van der Waals surface area contributed by atoms with Crippen LogP contribution in [0.25, 0.3) is 0 Å². The highest BCUT2D eigenvalue weighted by Gasteiger charge is 2.24. The zero-order chi connectivity index (χ0) is 19.9. The molecule has 2 unspecified atom stereocenters. The molecule has 29 heavy (non-hydrogen) atoms. The minimum atomic E-state index is -0.0131. The fourth-order valence-corrected chi connectivity index (χ4v) is 3.31. The number of aryl methyl sites for hydroxylation is 1. The monoisotopic (exact) mass is 508 g/mol. The van der Waals surface area contributed by atoms with E-state index in [0.29, 0.717) is 25.5 Å². The van der Waals surface area contributed by atoms with Crippen molar-refractivity contribution in [2.45, 2.75) is 32.3 Å². The zero-order valence-electron chi connectivity index (χ0n) is 17.1. The number of ether oxygens (including phenoxy) is 1. The van der Waals surface area contributed by atoms with Gasteiger partial charge in [0.2, 0.25) is 5.91 Å². The van der Waals surface area contributed by atoms with Crippen LogP contribution in [0.4, 0.5) is 5.69 Å². The lowest BCUT2D eigenvalue weighted by molar-refractivity contribution is -0.116. The van der Waals surface area contributed by atoms with E-state index in [1.165, 1.54) is 0 Å². The Morgan fingerprint density at radius 1 is 1.21 bits per heavy atom. The predicted octanol–water partition coefficient (Wildman–Crippen LogP) is 3.67. The summed E-state index contributed by atoms with van der Waals surface area (Å²) in [5, 5.41) is 9.56. The number of hydrogen-bond donors (Lipinski definition) is 3. The Bertz CT molecular complexity index is 856. The van der Waals surface area contributed by atoms with Gasteiger partial charge in [-0.1, -0.05) is 36.4 Å². The fraction of sp³-hybridized carbons (Fsp3) is 0.364. The van der Waals surface area contributed by atoms with Crippen molar-refractivity contribution in [1.82, 2.24) is 10.6 Å². The van der Waals surface area contributed by atoms with E-state index < -0.39 is 0 Å². The summed E-state index contributed by atoms with van der Waals surface area (Å²) in [5.41, 5.74) is 3.17. The molecule has 0 fully saturated rings. The Labute approximate surface area is 189 Å². The topological polar surface area (TPSA) is 74.8 Å². The molecule has 3 rings (SSSR count). The summed E-state index contributed by atoms with van der Waals surface area (Å²) >= 11 is 0. The largest absolute Gasteiger partial charge is 0.489 e. The average Bonchev–Trinajstić information content (AvgIpc) is 2.69. The van der Waals surface area contributed by atoms with Gasteiger partial charge in [0.05, 0.1) is 6.54 Å². The number of carbonyl (C=O) groups excluding carboxylic acids is 1. The number of hydrogen-bond acceptors (Lipinski definition) is 3. The van der Waals surface area contributed by atoms with E-state index >= 15 is 0 Å². The van der Waals surface area contributed by atoms with Crippen LogP contribution in [0.15, 0.2) is 53.5 Å². The lowest BCUT2D eigenvalue weighted by atomic mass is 9.90. The van der Waals surface area contributed by atoms with Gasteiger partial charge < -0.3 is 20.7 Å². The first-order chi connectivity index (χ1) is 13.6. The fourth-order valence-electron chi connectivity index (χ4n) is 3.31. The number of halogens is 1. The Morgan fingerprint density at radius 3 is 2.69 bits per heavy atom. The quantitative estimate of drug-likeness (QED) is 0.316. The lowest BCUT2D eigenvalue weighted by Crippen LogP contribution is -2.43. The number of guanidine groups is 1. The number of fused-ring (bicyclic) bond motifs is 1. The van der Waals surface area contributed by atoms with Crippen molar-refractivity contribution in [3.8, 4) is 5.75 Å². The van der Waals surface area contributed by atoms with Crippen LogP contribution in [0.1, 0.15) is 30.4 Å². The Balaban J connectivity index is 0.00000300. The highest BCUT2D eigenvalue weighted by Crippen LogP contribution is 2.31. The van der Waals surface area contributed by atoms with Gasteiger partial charge >= 0.3 is 0 Å². The predicted molar refractivity (Wildman–Crippen MR) is 128 cm³/mol. The number of nitrogens with zero attached hydrogens (tertiary/aromatic N) is 1. The minimum absolute atomic E-state index is 0. The Hall–Kier alpha value is -2.29. The molecule has 2 aromatic rings. The van der Waals surface area contributed by atoms with Gasteiger partial charge in [-0.05, 0) is 37.1 Å². The van der Waals surface area contributed by atoms with Crippen molar-refractivity contribution in [3.63, 3.8) is 0 Å². The SMILES string of the molecule is CN=C(NCC(C)Oc1ccccc1C)NCC1CC(=O)Nc2ccccc21.I. The molecule has 2 atom stereocenters. The molecule has 0 saturated heterocycles. The molecule has 0 aliphatic carbocycles. The van der Waals surface area contributed by atoms with E-state index in [1.54, 1.807) is 7.05 Å². The molecular formula is C22H29IN4O2. The first kappa shape index (κ1) is 23.0. The maximum atomic E-state index is 12.0. The highest BCUT2D eigenvalue weighted by molar-refractivity contribution is 14.0. The molecule has 156 valence electrons. The maximum Gasteiger partial charge on any atom is 0.225 e. The molecule has 6 nitrogen and oxygen atoms in total. The number of para-hydroxylation sites is 2. The van der Waals surface area contributed by atoms with Crippen molar-refractivity contribution >= 4 is 41.5 Å². The minimum Gasteiger partial charge on any atom is -0.489 e. The summed E-state index contributed by atoms with van der Waals surface area (Å²) in [5.74, 6) is 1.76. The number of amides is 1. The van der Waals surface area contributed by atoms with Crippen LogP contribution < -0.4 is 20.7 Å². The lowest BCUT2D eigenvalue weighted by Gasteiger charge is -2.26. The van der Waals surface area contributed by atoms with Gasteiger partial charge in [0.25, 0.3) is 0 Å². The summed E-state index contributed by atoms with van der Waals surface area (Å²) < 4.78 is 6.00. The van der Waals surface area contributed by atoms with Crippen LogP contribution in [-0.4, -0.2) is 38.1 Å². The first-order valence-electron chi connectivity index (χ1n) is 9.62. The van der Waals surface area contributed by atoms with Crippen molar-refractivity contribution in [2.75, 3.05) is 25.5 Å². The van der Waals surface area contributed by atoms with Gasteiger partial charge in [0.15, 0.2) is 5.96 Å². The molecule has 3 N–H and O–H groups in total. The molecule has 2 aromatic carbocycles. The van der Waals surface area contributed by atoms with Crippen LogP contribution >= 0.6 is 24.0 Å². The molecular weight excluding hydrogens is 479 g/mol. The summed E-state index contributed by atoms with van der Waals surface area (Å²) in [6.07, 6.45) is 0.453. The van der Waals surface area contributed by atoms with E-state index in [9.17, 15) is 4.79 Å². The molecule has 0 spiro atoms. The molecule has 0 aromatic heterocycles. The summed E-state index contributed by atoms with van der Waals surface area (Å²) in [4.78, 5) is 16.2. The molecule has 7 heteroatoms. The first-order valence-corrected chi connectivity index (χ1v) is 9.62. The highest BCUT2D eigenvalue weighted by atomic mass is 127. The van der Waals surface area contributed by atoms with E-state index in [4.69, 9.17) is 4.74 Å². The number of carbonyl (C=O) groups is 1. The zero-order valence-corrected chi connectivity index (χ0v) is 19.4. The molecule has 1 amide bonds. The molecule has 0 bridgehead atoms. The number of benzene rings is 2. The van der Waals surface area contributed by atoms with Crippen molar-refractivity contribution < 1.29 is 9.53 Å². The van der Waals surface area contributed by atoms with Crippen LogP contribution in [0, 0.1) is 6.92 Å². The molecule has 0 saturated carbocycles.